The minimum Gasteiger partial charge on any atom is -0.496 e. The maximum atomic E-state index is 12.5. The van der Waals surface area contributed by atoms with Gasteiger partial charge in [0, 0.05) is 19.0 Å². The molecule has 1 aromatic carbocycles. The van der Waals surface area contributed by atoms with Crippen molar-refractivity contribution in [3.05, 3.63) is 29.3 Å². The summed E-state index contributed by atoms with van der Waals surface area (Å²) >= 11 is 0. The molecule has 1 saturated carbocycles. The monoisotopic (exact) mass is 262 g/mol. The Kier molecular flexibility index (Phi) is 3.80. The number of aryl methyl sites for hydroxylation is 1. The summed E-state index contributed by atoms with van der Waals surface area (Å²) in [5.41, 5.74) is 7.60. The van der Waals surface area contributed by atoms with E-state index in [2.05, 4.69) is 0 Å². The van der Waals surface area contributed by atoms with Crippen LogP contribution in [0.25, 0.3) is 0 Å². The predicted molar refractivity (Wildman–Crippen MR) is 75.4 cm³/mol. The predicted octanol–water partition coefficient (Wildman–Crippen LogP) is 1.81. The Morgan fingerprint density at radius 3 is 2.68 bits per heavy atom. The first-order valence-electron chi connectivity index (χ1n) is 6.61. The molecule has 1 aromatic rings. The third-order valence-electron chi connectivity index (χ3n) is 3.89. The second-order valence-corrected chi connectivity index (χ2v) is 5.57. The van der Waals surface area contributed by atoms with E-state index in [1.54, 1.807) is 12.0 Å². The Bertz CT molecular complexity index is 481. The minimum atomic E-state index is 0.000255. The number of hydrogen-bond acceptors (Lipinski definition) is 3. The molecular formula is C15H22N2O2. The first kappa shape index (κ1) is 13.9. The Morgan fingerprint density at radius 2 is 2.16 bits per heavy atom. The highest BCUT2D eigenvalue weighted by Gasteiger charge is 2.42. The summed E-state index contributed by atoms with van der Waals surface area (Å²) in [7, 11) is 3.42. The van der Waals surface area contributed by atoms with Gasteiger partial charge in [0.25, 0.3) is 5.91 Å². The molecule has 0 aliphatic heterocycles. The van der Waals surface area contributed by atoms with Crippen LogP contribution in [0.3, 0.4) is 0 Å². The highest BCUT2D eigenvalue weighted by molar-refractivity contribution is 5.97. The van der Waals surface area contributed by atoms with Crippen LogP contribution in [0, 0.1) is 12.3 Å². The number of carbonyl (C=O) groups excluding carboxylic acids is 1. The normalized spacial score (nSPS) is 16.0. The van der Waals surface area contributed by atoms with Crippen LogP contribution in [0.15, 0.2) is 18.2 Å². The Hall–Kier alpha value is -1.55. The quantitative estimate of drug-likeness (QED) is 0.880. The molecule has 1 fully saturated rings. The number of amides is 1. The third-order valence-corrected chi connectivity index (χ3v) is 3.89. The zero-order valence-electron chi connectivity index (χ0n) is 11.9. The van der Waals surface area contributed by atoms with Crippen LogP contribution in [0.4, 0.5) is 0 Å². The Balaban J connectivity index is 2.16. The molecule has 0 aromatic heterocycles. The molecule has 1 aliphatic carbocycles. The lowest BCUT2D eigenvalue weighted by Crippen LogP contribution is -2.36. The van der Waals surface area contributed by atoms with E-state index in [1.165, 1.54) is 0 Å². The van der Waals surface area contributed by atoms with Crippen molar-refractivity contribution in [1.29, 1.82) is 0 Å². The molecule has 0 spiro atoms. The van der Waals surface area contributed by atoms with E-state index in [-0.39, 0.29) is 11.3 Å². The van der Waals surface area contributed by atoms with Gasteiger partial charge >= 0.3 is 0 Å². The highest BCUT2D eigenvalue weighted by atomic mass is 16.5. The SMILES string of the molecule is COc1ccc(C)cc1C(=O)N(C)CC1(CN)CC1. The van der Waals surface area contributed by atoms with Gasteiger partial charge in [-0.15, -0.1) is 0 Å². The van der Waals surface area contributed by atoms with E-state index >= 15 is 0 Å². The molecule has 104 valence electrons. The van der Waals surface area contributed by atoms with Gasteiger partial charge in [-0.1, -0.05) is 11.6 Å². The van der Waals surface area contributed by atoms with Crippen LogP contribution in [0.5, 0.6) is 5.75 Å². The van der Waals surface area contributed by atoms with Crippen molar-refractivity contribution in [1.82, 2.24) is 4.90 Å². The van der Waals surface area contributed by atoms with E-state index in [0.29, 0.717) is 17.9 Å². The van der Waals surface area contributed by atoms with Crippen LogP contribution in [0.1, 0.15) is 28.8 Å². The number of nitrogens with two attached hydrogens (primary N) is 1. The van der Waals surface area contributed by atoms with Crippen molar-refractivity contribution in [3.8, 4) is 5.75 Å². The van der Waals surface area contributed by atoms with Gasteiger partial charge in [0.05, 0.1) is 12.7 Å². The van der Waals surface area contributed by atoms with Crippen LogP contribution in [0.2, 0.25) is 0 Å². The average molecular weight is 262 g/mol. The van der Waals surface area contributed by atoms with E-state index < -0.39 is 0 Å². The van der Waals surface area contributed by atoms with Crippen molar-refractivity contribution < 1.29 is 9.53 Å². The molecule has 1 aliphatic rings. The standard InChI is InChI=1S/C15H22N2O2/c1-11-4-5-13(19-3)12(8-11)14(18)17(2)10-15(9-16)6-7-15/h4-5,8H,6-7,9-10,16H2,1-3H3. The van der Waals surface area contributed by atoms with Crippen LogP contribution in [-0.2, 0) is 0 Å². The summed E-state index contributed by atoms with van der Waals surface area (Å²) in [4.78, 5) is 14.3. The van der Waals surface area contributed by atoms with Gasteiger partial charge in [0.2, 0.25) is 0 Å². The molecule has 0 saturated heterocycles. The van der Waals surface area contributed by atoms with Gasteiger partial charge in [-0.2, -0.15) is 0 Å². The van der Waals surface area contributed by atoms with E-state index in [0.717, 1.165) is 24.9 Å². The summed E-state index contributed by atoms with van der Waals surface area (Å²) < 4.78 is 5.27. The van der Waals surface area contributed by atoms with Crippen LogP contribution < -0.4 is 10.5 Å². The fourth-order valence-corrected chi connectivity index (χ4v) is 2.37. The fourth-order valence-electron chi connectivity index (χ4n) is 2.37. The van der Waals surface area contributed by atoms with E-state index in [1.807, 2.05) is 32.2 Å². The molecular weight excluding hydrogens is 240 g/mol. The molecule has 4 heteroatoms. The number of methoxy groups -OCH3 is 1. The zero-order chi connectivity index (χ0) is 14.0. The number of hydrogen-bond donors (Lipinski definition) is 1. The first-order valence-corrected chi connectivity index (χ1v) is 6.61. The summed E-state index contributed by atoms with van der Waals surface area (Å²) in [6.45, 7) is 3.34. The summed E-state index contributed by atoms with van der Waals surface area (Å²) in [5, 5.41) is 0. The molecule has 0 atom stereocenters. The van der Waals surface area contributed by atoms with Crippen molar-refractivity contribution in [2.24, 2.45) is 11.1 Å². The number of nitrogens with zero attached hydrogens (tertiary/aromatic N) is 1. The molecule has 4 nitrogen and oxygen atoms in total. The zero-order valence-corrected chi connectivity index (χ0v) is 11.9. The molecule has 0 unspecified atom stereocenters. The molecule has 2 N–H and O–H groups in total. The molecule has 1 amide bonds. The Morgan fingerprint density at radius 1 is 1.47 bits per heavy atom. The van der Waals surface area contributed by atoms with Crippen molar-refractivity contribution in [2.75, 3.05) is 27.2 Å². The van der Waals surface area contributed by atoms with Gasteiger partial charge in [0.1, 0.15) is 5.75 Å². The van der Waals surface area contributed by atoms with Gasteiger partial charge in [-0.3, -0.25) is 4.79 Å². The molecule has 0 heterocycles. The van der Waals surface area contributed by atoms with Crippen LogP contribution in [-0.4, -0.2) is 38.1 Å². The Labute approximate surface area is 114 Å². The highest BCUT2D eigenvalue weighted by Crippen LogP contribution is 2.45. The smallest absolute Gasteiger partial charge is 0.257 e. The number of benzene rings is 1. The third kappa shape index (κ3) is 2.89. The van der Waals surface area contributed by atoms with E-state index in [9.17, 15) is 4.79 Å². The van der Waals surface area contributed by atoms with Gasteiger partial charge in [0.15, 0.2) is 0 Å². The molecule has 19 heavy (non-hydrogen) atoms. The number of carbonyl (C=O) groups is 1. The summed E-state index contributed by atoms with van der Waals surface area (Å²) in [6.07, 6.45) is 2.23. The van der Waals surface area contributed by atoms with Crippen molar-refractivity contribution >= 4 is 5.91 Å². The molecule has 0 bridgehead atoms. The van der Waals surface area contributed by atoms with Crippen LogP contribution >= 0.6 is 0 Å². The lowest BCUT2D eigenvalue weighted by atomic mass is 10.1. The second kappa shape index (κ2) is 5.21. The largest absolute Gasteiger partial charge is 0.496 e. The lowest BCUT2D eigenvalue weighted by molar-refractivity contribution is 0.0763. The molecule has 0 radical (unpaired) electrons. The summed E-state index contributed by atoms with van der Waals surface area (Å²) in [6, 6.07) is 5.66. The maximum absolute atomic E-state index is 12.5. The minimum absolute atomic E-state index is 0.000255. The number of ether oxygens (including phenoxy) is 1. The van der Waals surface area contributed by atoms with Gasteiger partial charge < -0.3 is 15.4 Å². The van der Waals surface area contributed by atoms with Gasteiger partial charge in [-0.25, -0.2) is 0 Å². The fraction of sp³-hybridized carbons (Fsp3) is 0.533. The first-order chi connectivity index (χ1) is 9.01. The number of rotatable bonds is 5. The topological polar surface area (TPSA) is 55.6 Å². The molecule has 2 rings (SSSR count). The average Bonchev–Trinajstić information content (AvgIpc) is 3.18. The maximum Gasteiger partial charge on any atom is 0.257 e. The van der Waals surface area contributed by atoms with Crippen molar-refractivity contribution in [3.63, 3.8) is 0 Å². The van der Waals surface area contributed by atoms with Gasteiger partial charge in [-0.05, 0) is 38.4 Å². The van der Waals surface area contributed by atoms with E-state index in [4.69, 9.17) is 10.5 Å². The van der Waals surface area contributed by atoms with Crippen molar-refractivity contribution in [2.45, 2.75) is 19.8 Å². The summed E-state index contributed by atoms with van der Waals surface area (Å²) in [5.74, 6) is 0.625. The second-order valence-electron chi connectivity index (χ2n) is 5.57. The lowest BCUT2D eigenvalue weighted by Gasteiger charge is -2.23.